The summed E-state index contributed by atoms with van der Waals surface area (Å²) >= 11 is 0. The first-order chi connectivity index (χ1) is 14.0. The van der Waals surface area contributed by atoms with Crippen LogP contribution in [-0.2, 0) is 11.2 Å². The fraction of sp³-hybridized carbons (Fsp3) is 0.381. The second-order valence-corrected chi connectivity index (χ2v) is 7.54. The van der Waals surface area contributed by atoms with Crippen molar-refractivity contribution in [3.8, 4) is 0 Å². The summed E-state index contributed by atoms with van der Waals surface area (Å²) in [5.74, 6) is 0.104. The van der Waals surface area contributed by atoms with Gasteiger partial charge in [0.05, 0.1) is 18.3 Å². The lowest BCUT2D eigenvalue weighted by Gasteiger charge is -2.33. The van der Waals surface area contributed by atoms with Crippen LogP contribution in [0.3, 0.4) is 0 Å². The van der Waals surface area contributed by atoms with E-state index in [-0.39, 0.29) is 17.7 Å². The zero-order valence-electron chi connectivity index (χ0n) is 16.7. The van der Waals surface area contributed by atoms with E-state index in [1.807, 2.05) is 29.2 Å². The number of piperidine rings is 1. The zero-order chi connectivity index (χ0) is 20.4. The highest BCUT2D eigenvalue weighted by Crippen LogP contribution is 2.28. The summed E-state index contributed by atoms with van der Waals surface area (Å²) in [4.78, 5) is 37.2. The van der Waals surface area contributed by atoms with Crippen molar-refractivity contribution in [2.75, 3.05) is 27.2 Å². The molecule has 8 heteroatoms. The Morgan fingerprint density at radius 2 is 2.03 bits per heavy atom. The largest absolute Gasteiger partial charge is 0.345 e. The molecule has 150 valence electrons. The molecule has 1 atom stereocenters. The molecule has 1 fully saturated rings. The summed E-state index contributed by atoms with van der Waals surface area (Å²) in [6.45, 7) is 1.38. The van der Waals surface area contributed by atoms with Crippen LogP contribution in [0.15, 0.2) is 42.9 Å². The average molecular weight is 392 g/mol. The molecule has 4 rings (SSSR count). The molecule has 0 saturated carbocycles. The van der Waals surface area contributed by atoms with Gasteiger partial charge in [0.25, 0.3) is 5.91 Å². The molecular formula is C21H24N6O2. The highest BCUT2D eigenvalue weighted by molar-refractivity contribution is 5.99. The van der Waals surface area contributed by atoms with E-state index in [2.05, 4.69) is 15.1 Å². The van der Waals surface area contributed by atoms with Crippen LogP contribution >= 0.6 is 0 Å². The van der Waals surface area contributed by atoms with Gasteiger partial charge in [-0.25, -0.2) is 9.50 Å². The van der Waals surface area contributed by atoms with Crippen molar-refractivity contribution >= 4 is 17.5 Å². The predicted octanol–water partition coefficient (Wildman–Crippen LogP) is 1.77. The SMILES string of the molecule is CN(C)C(=O)c1cnn2c([C@@H]3CCCN(C(=O)Cc4ccccn4)C3)ccnc12. The summed E-state index contributed by atoms with van der Waals surface area (Å²) in [6.07, 6.45) is 7.19. The summed E-state index contributed by atoms with van der Waals surface area (Å²) < 4.78 is 1.74. The Labute approximate surface area is 169 Å². The fourth-order valence-electron chi connectivity index (χ4n) is 3.83. The first kappa shape index (κ1) is 19.0. The topological polar surface area (TPSA) is 83.7 Å². The Morgan fingerprint density at radius 1 is 1.17 bits per heavy atom. The van der Waals surface area contributed by atoms with Crippen LogP contribution in [0.2, 0.25) is 0 Å². The van der Waals surface area contributed by atoms with Crippen molar-refractivity contribution in [1.29, 1.82) is 0 Å². The maximum atomic E-state index is 12.8. The van der Waals surface area contributed by atoms with Gasteiger partial charge < -0.3 is 9.80 Å². The minimum absolute atomic E-state index is 0.0858. The standard InChI is InChI=1S/C21H24N6O2/c1-25(2)21(29)17-13-24-27-18(8-10-23-20(17)27)15-6-5-11-26(14-15)19(28)12-16-7-3-4-9-22-16/h3-4,7-10,13,15H,5-6,11-12,14H2,1-2H3/t15-/m1/s1. The number of aromatic nitrogens is 4. The monoisotopic (exact) mass is 392 g/mol. The molecule has 2 amide bonds. The number of nitrogens with zero attached hydrogens (tertiary/aromatic N) is 6. The third-order valence-corrected chi connectivity index (χ3v) is 5.32. The molecule has 1 aliphatic rings. The molecule has 0 unspecified atom stereocenters. The quantitative estimate of drug-likeness (QED) is 0.676. The van der Waals surface area contributed by atoms with Crippen LogP contribution in [0.4, 0.5) is 0 Å². The van der Waals surface area contributed by atoms with Crippen LogP contribution in [-0.4, -0.2) is 68.4 Å². The molecular weight excluding hydrogens is 368 g/mol. The van der Waals surface area contributed by atoms with Crippen LogP contribution in [0.5, 0.6) is 0 Å². The number of pyridine rings is 1. The zero-order valence-corrected chi connectivity index (χ0v) is 16.7. The van der Waals surface area contributed by atoms with E-state index in [0.29, 0.717) is 24.2 Å². The maximum Gasteiger partial charge on any atom is 0.258 e. The van der Waals surface area contributed by atoms with Gasteiger partial charge in [-0.2, -0.15) is 5.10 Å². The lowest BCUT2D eigenvalue weighted by atomic mass is 9.94. The van der Waals surface area contributed by atoms with E-state index in [1.54, 1.807) is 37.2 Å². The molecule has 3 aromatic rings. The molecule has 0 N–H and O–H groups in total. The minimum Gasteiger partial charge on any atom is -0.345 e. The Hall–Kier alpha value is -3.29. The number of carbonyl (C=O) groups excluding carboxylic acids is 2. The molecule has 0 aromatic carbocycles. The van der Waals surface area contributed by atoms with Crippen LogP contribution in [0.25, 0.3) is 5.65 Å². The second-order valence-electron chi connectivity index (χ2n) is 7.54. The molecule has 1 saturated heterocycles. The van der Waals surface area contributed by atoms with Crippen molar-refractivity contribution in [2.24, 2.45) is 0 Å². The molecule has 0 spiro atoms. The smallest absolute Gasteiger partial charge is 0.258 e. The van der Waals surface area contributed by atoms with E-state index >= 15 is 0 Å². The van der Waals surface area contributed by atoms with Gasteiger partial charge in [-0.1, -0.05) is 6.07 Å². The van der Waals surface area contributed by atoms with Gasteiger partial charge in [0.1, 0.15) is 5.56 Å². The van der Waals surface area contributed by atoms with Crippen LogP contribution < -0.4 is 0 Å². The van der Waals surface area contributed by atoms with Crippen molar-refractivity contribution in [3.05, 3.63) is 59.8 Å². The van der Waals surface area contributed by atoms with Gasteiger partial charge >= 0.3 is 0 Å². The van der Waals surface area contributed by atoms with E-state index < -0.39 is 0 Å². The van der Waals surface area contributed by atoms with Crippen LogP contribution in [0.1, 0.15) is 40.5 Å². The third kappa shape index (κ3) is 3.83. The molecule has 0 radical (unpaired) electrons. The van der Waals surface area contributed by atoms with Crippen molar-refractivity contribution in [2.45, 2.75) is 25.2 Å². The summed E-state index contributed by atoms with van der Waals surface area (Å²) in [7, 11) is 3.42. The number of amides is 2. The first-order valence-corrected chi connectivity index (χ1v) is 9.76. The molecule has 4 heterocycles. The number of hydrogen-bond donors (Lipinski definition) is 0. The Balaban J connectivity index is 1.56. The van der Waals surface area contributed by atoms with Gasteiger partial charge in [-0.15, -0.1) is 0 Å². The Kier molecular flexibility index (Phi) is 5.24. The number of carbonyl (C=O) groups is 2. The van der Waals surface area contributed by atoms with E-state index in [1.165, 1.54) is 4.90 Å². The van der Waals surface area contributed by atoms with Gasteiger partial charge in [0, 0.05) is 51.2 Å². The number of rotatable bonds is 4. The first-order valence-electron chi connectivity index (χ1n) is 9.76. The third-order valence-electron chi connectivity index (χ3n) is 5.32. The molecule has 0 bridgehead atoms. The van der Waals surface area contributed by atoms with E-state index in [4.69, 9.17) is 0 Å². The summed E-state index contributed by atoms with van der Waals surface area (Å²) in [5.41, 5.74) is 2.79. The summed E-state index contributed by atoms with van der Waals surface area (Å²) in [6, 6.07) is 7.55. The van der Waals surface area contributed by atoms with Crippen LogP contribution in [0, 0.1) is 0 Å². The molecule has 1 aliphatic heterocycles. The van der Waals surface area contributed by atoms with Gasteiger partial charge in [-0.05, 0) is 31.0 Å². The number of hydrogen-bond acceptors (Lipinski definition) is 5. The highest BCUT2D eigenvalue weighted by atomic mass is 16.2. The summed E-state index contributed by atoms with van der Waals surface area (Å²) in [5, 5.41) is 4.43. The molecule has 3 aromatic heterocycles. The molecule has 0 aliphatic carbocycles. The number of likely N-dealkylation sites (tertiary alicyclic amines) is 1. The highest BCUT2D eigenvalue weighted by Gasteiger charge is 2.27. The minimum atomic E-state index is -0.125. The number of fused-ring (bicyclic) bond motifs is 1. The van der Waals surface area contributed by atoms with Gasteiger partial charge in [0.15, 0.2) is 5.65 Å². The normalized spacial score (nSPS) is 16.8. The van der Waals surface area contributed by atoms with Crippen molar-refractivity contribution in [1.82, 2.24) is 29.4 Å². The fourth-order valence-corrected chi connectivity index (χ4v) is 3.83. The second kappa shape index (κ2) is 7.98. The van der Waals surface area contributed by atoms with E-state index in [0.717, 1.165) is 30.8 Å². The molecule has 8 nitrogen and oxygen atoms in total. The van der Waals surface area contributed by atoms with Crippen molar-refractivity contribution in [3.63, 3.8) is 0 Å². The lowest BCUT2D eigenvalue weighted by molar-refractivity contribution is -0.131. The van der Waals surface area contributed by atoms with E-state index in [9.17, 15) is 9.59 Å². The lowest BCUT2D eigenvalue weighted by Crippen LogP contribution is -2.40. The molecule has 29 heavy (non-hydrogen) atoms. The van der Waals surface area contributed by atoms with Gasteiger partial charge in [0.2, 0.25) is 5.91 Å². The van der Waals surface area contributed by atoms with Crippen molar-refractivity contribution < 1.29 is 9.59 Å². The average Bonchev–Trinajstić information content (AvgIpc) is 3.18. The van der Waals surface area contributed by atoms with Gasteiger partial charge in [-0.3, -0.25) is 14.6 Å². The Bertz CT molecular complexity index is 1030. The Morgan fingerprint density at radius 3 is 2.79 bits per heavy atom. The maximum absolute atomic E-state index is 12.8. The predicted molar refractivity (Wildman–Crippen MR) is 108 cm³/mol.